The highest BCUT2D eigenvalue weighted by Crippen LogP contribution is 2.01. The molecule has 0 spiro atoms. The van der Waals surface area contributed by atoms with Crippen LogP contribution in [0.5, 0.6) is 0 Å². The molecule has 1 heterocycles. The Morgan fingerprint density at radius 3 is 3.14 bits per heavy atom. The molecule has 1 aliphatic rings. The molecule has 1 rings (SSSR count). The van der Waals surface area contributed by atoms with Crippen molar-refractivity contribution >= 4 is 5.91 Å². The van der Waals surface area contributed by atoms with Gasteiger partial charge in [-0.1, -0.05) is 0 Å². The summed E-state index contributed by atoms with van der Waals surface area (Å²) in [6, 6.07) is 0.332. The van der Waals surface area contributed by atoms with Crippen molar-refractivity contribution < 1.29 is 9.53 Å². The largest absolute Gasteiger partial charge is 0.385 e. The monoisotopic (exact) mass is 200 g/mol. The minimum atomic E-state index is 0.149. The average molecular weight is 200 g/mol. The molecule has 0 aliphatic carbocycles. The highest BCUT2D eigenvalue weighted by molar-refractivity contribution is 5.76. The van der Waals surface area contributed by atoms with E-state index in [-0.39, 0.29) is 5.91 Å². The van der Waals surface area contributed by atoms with Crippen LogP contribution in [-0.2, 0) is 9.53 Å². The molecule has 1 atom stereocenters. The van der Waals surface area contributed by atoms with Gasteiger partial charge in [-0.25, -0.2) is 0 Å². The van der Waals surface area contributed by atoms with Crippen LogP contribution in [0.3, 0.4) is 0 Å². The van der Waals surface area contributed by atoms with E-state index in [1.807, 2.05) is 0 Å². The van der Waals surface area contributed by atoms with Crippen LogP contribution in [0.25, 0.3) is 0 Å². The topological polar surface area (TPSA) is 50.4 Å². The first-order chi connectivity index (χ1) is 6.83. The summed E-state index contributed by atoms with van der Waals surface area (Å²) in [5, 5.41) is 6.29. The Morgan fingerprint density at radius 1 is 1.64 bits per heavy atom. The normalized spacial score (nSPS) is 21.9. The third-order valence-electron chi connectivity index (χ3n) is 2.41. The van der Waals surface area contributed by atoms with Crippen molar-refractivity contribution in [3.63, 3.8) is 0 Å². The Morgan fingerprint density at radius 2 is 2.50 bits per heavy atom. The zero-order chi connectivity index (χ0) is 10.2. The molecule has 14 heavy (non-hydrogen) atoms. The number of hydrogen-bond donors (Lipinski definition) is 2. The van der Waals surface area contributed by atoms with E-state index in [0.717, 1.165) is 32.4 Å². The van der Waals surface area contributed by atoms with Crippen molar-refractivity contribution in [3.8, 4) is 0 Å². The second kappa shape index (κ2) is 6.79. The maximum absolute atomic E-state index is 11.4. The second-order valence-corrected chi connectivity index (χ2v) is 3.71. The molecule has 0 radical (unpaired) electrons. The van der Waals surface area contributed by atoms with E-state index in [9.17, 15) is 4.79 Å². The Balaban J connectivity index is 2.06. The lowest BCUT2D eigenvalue weighted by molar-refractivity contribution is -0.122. The van der Waals surface area contributed by atoms with Crippen LogP contribution in [0.1, 0.15) is 25.7 Å². The molecular weight excluding hydrogens is 180 g/mol. The second-order valence-electron chi connectivity index (χ2n) is 3.71. The molecular formula is C10H20N2O2. The number of carbonyl (C=O) groups excluding carboxylic acids is 1. The van der Waals surface area contributed by atoms with E-state index < -0.39 is 0 Å². The van der Waals surface area contributed by atoms with Crippen LogP contribution in [0.2, 0.25) is 0 Å². The van der Waals surface area contributed by atoms with Crippen molar-refractivity contribution in [2.45, 2.75) is 31.7 Å². The van der Waals surface area contributed by atoms with Gasteiger partial charge in [-0.15, -0.1) is 0 Å². The first kappa shape index (κ1) is 11.5. The molecule has 0 saturated carbocycles. The van der Waals surface area contributed by atoms with Gasteiger partial charge in [-0.05, 0) is 25.8 Å². The van der Waals surface area contributed by atoms with Gasteiger partial charge in [-0.3, -0.25) is 4.79 Å². The fourth-order valence-electron chi connectivity index (χ4n) is 1.65. The number of hydrogen-bond acceptors (Lipinski definition) is 3. The van der Waals surface area contributed by atoms with Crippen molar-refractivity contribution in [3.05, 3.63) is 0 Å². The SMILES string of the molecule is COCCCC(=O)NC1CCCNC1. The maximum atomic E-state index is 11.4. The van der Waals surface area contributed by atoms with Crippen LogP contribution in [-0.4, -0.2) is 38.8 Å². The van der Waals surface area contributed by atoms with E-state index in [0.29, 0.717) is 19.1 Å². The third kappa shape index (κ3) is 4.58. The lowest BCUT2D eigenvalue weighted by Crippen LogP contribution is -2.45. The van der Waals surface area contributed by atoms with Crippen molar-refractivity contribution in [2.24, 2.45) is 0 Å². The zero-order valence-electron chi connectivity index (χ0n) is 8.84. The third-order valence-corrected chi connectivity index (χ3v) is 2.41. The quantitative estimate of drug-likeness (QED) is 0.627. The van der Waals surface area contributed by atoms with Gasteiger partial charge < -0.3 is 15.4 Å². The summed E-state index contributed by atoms with van der Waals surface area (Å²) >= 11 is 0. The van der Waals surface area contributed by atoms with Crippen LogP contribution in [0.4, 0.5) is 0 Å². The van der Waals surface area contributed by atoms with Gasteiger partial charge in [0.15, 0.2) is 0 Å². The maximum Gasteiger partial charge on any atom is 0.220 e. The van der Waals surface area contributed by atoms with Gasteiger partial charge in [-0.2, -0.15) is 0 Å². The Labute approximate surface area is 85.4 Å². The molecule has 1 saturated heterocycles. The van der Waals surface area contributed by atoms with Gasteiger partial charge in [0.05, 0.1) is 0 Å². The smallest absolute Gasteiger partial charge is 0.220 e. The molecule has 0 aromatic rings. The summed E-state index contributed by atoms with van der Waals surface area (Å²) in [4.78, 5) is 11.4. The summed E-state index contributed by atoms with van der Waals surface area (Å²) < 4.78 is 4.89. The Hall–Kier alpha value is -0.610. The number of rotatable bonds is 5. The molecule has 4 heteroatoms. The predicted octanol–water partition coefficient (Wildman–Crippen LogP) is 0.281. The van der Waals surface area contributed by atoms with Gasteiger partial charge >= 0.3 is 0 Å². The van der Waals surface area contributed by atoms with E-state index in [2.05, 4.69) is 10.6 Å². The minimum Gasteiger partial charge on any atom is -0.385 e. The molecule has 0 aromatic heterocycles. The molecule has 1 unspecified atom stereocenters. The summed E-state index contributed by atoms with van der Waals surface area (Å²) in [5.41, 5.74) is 0. The molecule has 2 N–H and O–H groups in total. The first-order valence-corrected chi connectivity index (χ1v) is 5.32. The zero-order valence-corrected chi connectivity index (χ0v) is 8.84. The molecule has 0 bridgehead atoms. The summed E-state index contributed by atoms with van der Waals surface area (Å²) in [7, 11) is 1.66. The van der Waals surface area contributed by atoms with Gasteiger partial charge in [0, 0.05) is 32.7 Å². The number of carbonyl (C=O) groups is 1. The highest BCUT2D eigenvalue weighted by atomic mass is 16.5. The van der Waals surface area contributed by atoms with E-state index >= 15 is 0 Å². The fraction of sp³-hybridized carbons (Fsp3) is 0.900. The number of nitrogens with one attached hydrogen (secondary N) is 2. The van der Waals surface area contributed by atoms with Gasteiger partial charge in [0.1, 0.15) is 0 Å². The van der Waals surface area contributed by atoms with Crippen molar-refractivity contribution in [1.29, 1.82) is 0 Å². The van der Waals surface area contributed by atoms with Crippen LogP contribution in [0, 0.1) is 0 Å². The Kier molecular flexibility index (Phi) is 5.56. The summed E-state index contributed by atoms with van der Waals surface area (Å²) in [6.07, 6.45) is 3.64. The highest BCUT2D eigenvalue weighted by Gasteiger charge is 2.14. The van der Waals surface area contributed by atoms with E-state index in [1.165, 1.54) is 0 Å². The lowest BCUT2D eigenvalue weighted by Gasteiger charge is -2.23. The lowest BCUT2D eigenvalue weighted by atomic mass is 10.1. The summed E-state index contributed by atoms with van der Waals surface area (Å²) in [6.45, 7) is 2.66. The van der Waals surface area contributed by atoms with Gasteiger partial charge in [0.25, 0.3) is 0 Å². The van der Waals surface area contributed by atoms with Gasteiger partial charge in [0.2, 0.25) is 5.91 Å². The van der Waals surface area contributed by atoms with Crippen LogP contribution < -0.4 is 10.6 Å². The number of amides is 1. The standard InChI is InChI=1S/C10H20N2O2/c1-14-7-3-5-10(13)12-9-4-2-6-11-8-9/h9,11H,2-8H2,1H3,(H,12,13). The molecule has 82 valence electrons. The summed E-state index contributed by atoms with van der Waals surface area (Å²) in [5.74, 6) is 0.149. The number of ether oxygens (including phenoxy) is 1. The molecule has 1 fully saturated rings. The molecule has 4 nitrogen and oxygen atoms in total. The molecule has 1 amide bonds. The Bertz CT molecular complexity index is 168. The first-order valence-electron chi connectivity index (χ1n) is 5.32. The molecule has 1 aliphatic heterocycles. The van der Waals surface area contributed by atoms with Crippen LogP contribution >= 0.6 is 0 Å². The predicted molar refractivity (Wildman–Crippen MR) is 55.1 cm³/mol. The fourth-order valence-corrected chi connectivity index (χ4v) is 1.65. The van der Waals surface area contributed by atoms with Crippen molar-refractivity contribution in [1.82, 2.24) is 10.6 Å². The van der Waals surface area contributed by atoms with Crippen molar-refractivity contribution in [2.75, 3.05) is 26.8 Å². The van der Waals surface area contributed by atoms with E-state index in [4.69, 9.17) is 4.74 Å². The number of piperidine rings is 1. The van der Waals surface area contributed by atoms with E-state index in [1.54, 1.807) is 7.11 Å². The van der Waals surface area contributed by atoms with Crippen LogP contribution in [0.15, 0.2) is 0 Å². The minimum absolute atomic E-state index is 0.149. The average Bonchev–Trinajstić information content (AvgIpc) is 2.20. The number of methoxy groups -OCH3 is 1. The molecule has 0 aromatic carbocycles.